The zero-order chi connectivity index (χ0) is 14.8. The highest BCUT2D eigenvalue weighted by Crippen LogP contribution is 2.21. The summed E-state index contributed by atoms with van der Waals surface area (Å²) in [7, 11) is 0. The number of benzene rings is 2. The highest BCUT2D eigenvalue weighted by atomic mass is 32.2. The molecule has 1 heterocycles. The summed E-state index contributed by atoms with van der Waals surface area (Å²) in [6.45, 7) is 4.10. The molecule has 21 heavy (non-hydrogen) atoms. The van der Waals surface area contributed by atoms with Gasteiger partial charge in [0.25, 0.3) is 5.56 Å². The molecule has 1 aromatic heterocycles. The minimum absolute atomic E-state index is 0.0135. The van der Waals surface area contributed by atoms with Gasteiger partial charge in [0.15, 0.2) is 5.16 Å². The Labute approximate surface area is 127 Å². The van der Waals surface area contributed by atoms with Crippen molar-refractivity contribution < 1.29 is 0 Å². The van der Waals surface area contributed by atoms with Gasteiger partial charge in [-0.1, -0.05) is 48.5 Å². The third-order valence-electron chi connectivity index (χ3n) is 3.31. The zero-order valence-electron chi connectivity index (χ0n) is 12.0. The second kappa shape index (κ2) is 5.74. The summed E-state index contributed by atoms with van der Waals surface area (Å²) in [5.74, 6) is 0.872. The van der Waals surface area contributed by atoms with Crippen molar-refractivity contribution in [2.24, 2.45) is 0 Å². The first kappa shape index (κ1) is 13.9. The molecule has 0 saturated heterocycles. The van der Waals surface area contributed by atoms with Crippen LogP contribution in [0, 0.1) is 6.92 Å². The number of fused-ring (bicyclic) bond motifs is 1. The van der Waals surface area contributed by atoms with E-state index in [0.717, 1.165) is 22.1 Å². The average molecular weight is 296 g/mol. The average Bonchev–Trinajstić information content (AvgIpc) is 2.49. The lowest BCUT2D eigenvalue weighted by Crippen LogP contribution is -2.21. The van der Waals surface area contributed by atoms with Gasteiger partial charge in [0, 0.05) is 0 Å². The molecule has 0 amide bonds. The van der Waals surface area contributed by atoms with Crippen molar-refractivity contribution in [3.05, 3.63) is 64.4 Å². The smallest absolute Gasteiger partial charge is 0.266 e. The molecule has 0 N–H and O–H groups in total. The first-order valence-electron chi connectivity index (χ1n) is 6.92. The van der Waals surface area contributed by atoms with Gasteiger partial charge in [0.2, 0.25) is 0 Å². The fourth-order valence-corrected chi connectivity index (χ4v) is 3.00. The van der Waals surface area contributed by atoms with Crippen LogP contribution in [0.2, 0.25) is 0 Å². The molecular formula is C17H16N2OS. The van der Waals surface area contributed by atoms with Gasteiger partial charge in [-0.15, -0.1) is 0 Å². The van der Waals surface area contributed by atoms with Crippen LogP contribution in [0.25, 0.3) is 16.6 Å². The molecule has 0 aliphatic heterocycles. The Morgan fingerprint density at radius 1 is 1.10 bits per heavy atom. The maximum absolute atomic E-state index is 12.8. The molecule has 3 rings (SSSR count). The SMILES string of the molecule is CCSc1nc2ccccc2c(=O)n1-c1ccc(C)cc1. The first-order chi connectivity index (χ1) is 10.2. The van der Waals surface area contributed by atoms with Gasteiger partial charge in [-0.3, -0.25) is 9.36 Å². The minimum atomic E-state index is -0.0135. The van der Waals surface area contributed by atoms with E-state index in [2.05, 4.69) is 11.9 Å². The Kier molecular flexibility index (Phi) is 3.80. The van der Waals surface area contributed by atoms with Crippen LogP contribution in [0.4, 0.5) is 0 Å². The van der Waals surface area contributed by atoms with Crippen molar-refractivity contribution in [2.45, 2.75) is 19.0 Å². The van der Waals surface area contributed by atoms with Gasteiger partial charge in [-0.05, 0) is 36.9 Å². The molecule has 0 atom stereocenters. The maximum Gasteiger partial charge on any atom is 0.266 e. The lowest BCUT2D eigenvalue weighted by Gasteiger charge is -2.12. The van der Waals surface area contributed by atoms with E-state index in [0.29, 0.717) is 5.39 Å². The van der Waals surface area contributed by atoms with Gasteiger partial charge in [0.1, 0.15) is 0 Å². The van der Waals surface area contributed by atoms with Gasteiger partial charge < -0.3 is 0 Å². The number of aryl methyl sites for hydroxylation is 1. The van der Waals surface area contributed by atoms with Gasteiger partial charge >= 0.3 is 0 Å². The Balaban J connectivity index is 2.33. The van der Waals surface area contributed by atoms with Crippen LogP contribution in [0.15, 0.2) is 58.5 Å². The molecule has 3 aromatic rings. The predicted molar refractivity (Wildman–Crippen MR) is 88.5 cm³/mol. The molecule has 0 radical (unpaired) electrons. The van der Waals surface area contributed by atoms with Crippen LogP contribution < -0.4 is 5.56 Å². The molecule has 0 aliphatic rings. The molecule has 0 bridgehead atoms. The summed E-state index contributed by atoms with van der Waals surface area (Å²) in [4.78, 5) is 17.5. The normalized spacial score (nSPS) is 11.0. The van der Waals surface area contributed by atoms with Gasteiger partial charge in [0.05, 0.1) is 16.6 Å². The number of hydrogen-bond acceptors (Lipinski definition) is 3. The molecule has 4 heteroatoms. The van der Waals surface area contributed by atoms with E-state index in [1.54, 1.807) is 16.3 Å². The van der Waals surface area contributed by atoms with Crippen LogP contribution in [0.1, 0.15) is 12.5 Å². The Morgan fingerprint density at radius 2 is 1.81 bits per heavy atom. The van der Waals surface area contributed by atoms with E-state index in [1.165, 1.54) is 5.56 Å². The lowest BCUT2D eigenvalue weighted by molar-refractivity contribution is 0.820. The third-order valence-corrected chi connectivity index (χ3v) is 4.13. The molecule has 0 unspecified atom stereocenters. The fourth-order valence-electron chi connectivity index (χ4n) is 2.26. The third kappa shape index (κ3) is 2.59. The largest absolute Gasteiger partial charge is 0.268 e. The maximum atomic E-state index is 12.8. The number of para-hydroxylation sites is 1. The molecular weight excluding hydrogens is 280 g/mol. The number of nitrogens with zero attached hydrogens (tertiary/aromatic N) is 2. The summed E-state index contributed by atoms with van der Waals surface area (Å²) < 4.78 is 1.70. The van der Waals surface area contributed by atoms with Crippen molar-refractivity contribution in [3.63, 3.8) is 0 Å². The van der Waals surface area contributed by atoms with Crippen molar-refractivity contribution in [1.82, 2.24) is 9.55 Å². The quantitative estimate of drug-likeness (QED) is 0.544. The molecule has 0 aliphatic carbocycles. The van der Waals surface area contributed by atoms with Crippen LogP contribution in [0.3, 0.4) is 0 Å². The molecule has 3 nitrogen and oxygen atoms in total. The highest BCUT2D eigenvalue weighted by molar-refractivity contribution is 7.99. The second-order valence-corrected chi connectivity index (χ2v) is 6.05. The molecule has 0 saturated carbocycles. The molecule has 2 aromatic carbocycles. The number of hydrogen-bond donors (Lipinski definition) is 0. The van der Waals surface area contributed by atoms with Crippen molar-refractivity contribution in [2.75, 3.05) is 5.75 Å². The van der Waals surface area contributed by atoms with E-state index >= 15 is 0 Å². The Hall–Kier alpha value is -2.07. The molecule has 0 fully saturated rings. The van der Waals surface area contributed by atoms with Crippen LogP contribution in [0.5, 0.6) is 0 Å². The Bertz CT molecular complexity index is 838. The highest BCUT2D eigenvalue weighted by Gasteiger charge is 2.12. The van der Waals surface area contributed by atoms with E-state index in [-0.39, 0.29) is 5.56 Å². The first-order valence-corrected chi connectivity index (χ1v) is 7.91. The van der Waals surface area contributed by atoms with E-state index in [4.69, 9.17) is 0 Å². The molecule has 0 spiro atoms. The van der Waals surface area contributed by atoms with Crippen LogP contribution in [-0.4, -0.2) is 15.3 Å². The molecule has 106 valence electrons. The Morgan fingerprint density at radius 3 is 2.52 bits per heavy atom. The number of rotatable bonds is 3. The number of thioether (sulfide) groups is 1. The summed E-state index contributed by atoms with van der Waals surface area (Å²) >= 11 is 1.58. The van der Waals surface area contributed by atoms with E-state index in [9.17, 15) is 4.79 Å². The van der Waals surface area contributed by atoms with Crippen molar-refractivity contribution in [1.29, 1.82) is 0 Å². The van der Waals surface area contributed by atoms with Crippen molar-refractivity contribution in [3.8, 4) is 5.69 Å². The monoisotopic (exact) mass is 296 g/mol. The fraction of sp³-hybridized carbons (Fsp3) is 0.176. The summed E-state index contributed by atoms with van der Waals surface area (Å²) in [6, 6.07) is 15.4. The van der Waals surface area contributed by atoms with E-state index < -0.39 is 0 Å². The standard InChI is InChI=1S/C17H16N2OS/c1-3-21-17-18-15-7-5-4-6-14(15)16(20)19(17)13-10-8-12(2)9-11-13/h4-11H,3H2,1-2H3. The summed E-state index contributed by atoms with van der Waals surface area (Å²) in [5.41, 5.74) is 2.77. The summed E-state index contributed by atoms with van der Waals surface area (Å²) in [5, 5.41) is 1.39. The second-order valence-electron chi connectivity index (χ2n) is 4.82. The summed E-state index contributed by atoms with van der Waals surface area (Å²) in [6.07, 6.45) is 0. The van der Waals surface area contributed by atoms with Gasteiger partial charge in [-0.2, -0.15) is 0 Å². The predicted octanol–water partition coefficient (Wildman–Crippen LogP) is 3.81. The minimum Gasteiger partial charge on any atom is -0.268 e. The topological polar surface area (TPSA) is 34.9 Å². The number of aromatic nitrogens is 2. The van der Waals surface area contributed by atoms with Crippen LogP contribution >= 0.6 is 11.8 Å². The van der Waals surface area contributed by atoms with Crippen LogP contribution in [-0.2, 0) is 0 Å². The van der Waals surface area contributed by atoms with Gasteiger partial charge in [-0.25, -0.2) is 4.98 Å². The lowest BCUT2D eigenvalue weighted by atomic mass is 10.2. The van der Waals surface area contributed by atoms with Crippen molar-refractivity contribution >= 4 is 22.7 Å². The van der Waals surface area contributed by atoms with E-state index in [1.807, 2.05) is 55.5 Å². The zero-order valence-corrected chi connectivity index (χ0v) is 12.9.